The van der Waals surface area contributed by atoms with E-state index in [-0.39, 0.29) is 11.9 Å². The van der Waals surface area contributed by atoms with Gasteiger partial charge in [-0.25, -0.2) is 0 Å². The zero-order valence-electron chi connectivity index (χ0n) is 7.79. The highest BCUT2D eigenvalue weighted by Crippen LogP contribution is 1.99. The fraction of sp³-hybridized carbons (Fsp3) is 0.875. The summed E-state index contributed by atoms with van der Waals surface area (Å²) in [5, 5.41) is 2.68. The third-order valence-corrected chi connectivity index (χ3v) is 1.71. The van der Waals surface area contributed by atoms with Gasteiger partial charge in [0.2, 0.25) is 0 Å². The van der Waals surface area contributed by atoms with Gasteiger partial charge < -0.3 is 20.5 Å². The van der Waals surface area contributed by atoms with Crippen molar-refractivity contribution in [2.45, 2.75) is 19.1 Å². The summed E-state index contributed by atoms with van der Waals surface area (Å²) in [6, 6.07) is -0.0338. The molecule has 76 valence electrons. The molecule has 1 heterocycles. The van der Waals surface area contributed by atoms with E-state index in [2.05, 4.69) is 5.32 Å². The molecule has 0 bridgehead atoms. The van der Waals surface area contributed by atoms with E-state index >= 15 is 0 Å². The number of carbonyl (C=O) groups is 1. The molecule has 0 aromatic carbocycles. The summed E-state index contributed by atoms with van der Waals surface area (Å²) in [4.78, 5) is 11.3. The second-order valence-corrected chi connectivity index (χ2v) is 3.16. The van der Waals surface area contributed by atoms with Crippen LogP contribution in [0.5, 0.6) is 0 Å². The smallest absolute Gasteiger partial charge is 0.251 e. The molecule has 0 saturated carbocycles. The minimum atomic E-state index is -0.465. The molecule has 1 saturated heterocycles. The van der Waals surface area contributed by atoms with Gasteiger partial charge in [0.1, 0.15) is 0 Å². The van der Waals surface area contributed by atoms with Gasteiger partial charge in [-0.15, -0.1) is 0 Å². The number of amides is 1. The lowest BCUT2D eigenvalue weighted by Gasteiger charge is -2.22. The molecule has 0 aromatic heterocycles. The number of hydrogen-bond acceptors (Lipinski definition) is 4. The van der Waals surface area contributed by atoms with Crippen LogP contribution in [0.4, 0.5) is 0 Å². The number of hydrogen-bond donors (Lipinski definition) is 2. The van der Waals surface area contributed by atoms with Crippen molar-refractivity contribution >= 4 is 5.91 Å². The van der Waals surface area contributed by atoms with Crippen molar-refractivity contribution in [3.63, 3.8) is 0 Å². The third kappa shape index (κ3) is 3.71. The molecule has 3 N–H and O–H groups in total. The molecule has 1 rings (SSSR count). The summed E-state index contributed by atoms with van der Waals surface area (Å²) in [6.45, 7) is 3.69. The van der Waals surface area contributed by atoms with Crippen LogP contribution in [0.3, 0.4) is 0 Å². The number of carbonyl (C=O) groups excluding carboxylic acids is 1. The van der Waals surface area contributed by atoms with Crippen LogP contribution in [-0.4, -0.2) is 44.4 Å². The van der Waals surface area contributed by atoms with E-state index in [1.807, 2.05) is 6.92 Å². The van der Waals surface area contributed by atoms with Crippen LogP contribution < -0.4 is 11.1 Å². The summed E-state index contributed by atoms with van der Waals surface area (Å²) in [5.74, 6) is -0.142. The van der Waals surface area contributed by atoms with Gasteiger partial charge in [0.15, 0.2) is 6.10 Å². The second-order valence-electron chi connectivity index (χ2n) is 3.16. The van der Waals surface area contributed by atoms with Crippen molar-refractivity contribution in [2.75, 3.05) is 26.4 Å². The van der Waals surface area contributed by atoms with Gasteiger partial charge in [0, 0.05) is 12.6 Å². The Balaban J connectivity index is 2.21. The van der Waals surface area contributed by atoms with Gasteiger partial charge >= 0.3 is 0 Å². The van der Waals surface area contributed by atoms with Crippen LogP contribution in [-0.2, 0) is 14.3 Å². The average Bonchev–Trinajstić information content (AvgIpc) is 2.15. The Morgan fingerprint density at radius 3 is 3.00 bits per heavy atom. The molecule has 13 heavy (non-hydrogen) atoms. The lowest BCUT2D eigenvalue weighted by molar-refractivity contribution is -0.147. The van der Waals surface area contributed by atoms with E-state index in [9.17, 15) is 4.79 Å². The van der Waals surface area contributed by atoms with Crippen molar-refractivity contribution in [3.05, 3.63) is 0 Å². The fourth-order valence-electron chi connectivity index (χ4n) is 1.01. The Hall–Kier alpha value is -0.650. The maximum Gasteiger partial charge on any atom is 0.251 e. The van der Waals surface area contributed by atoms with Crippen molar-refractivity contribution in [2.24, 2.45) is 5.73 Å². The zero-order valence-corrected chi connectivity index (χ0v) is 7.79. The summed E-state index contributed by atoms with van der Waals surface area (Å²) < 4.78 is 10.3. The minimum Gasteiger partial charge on any atom is -0.376 e. The largest absolute Gasteiger partial charge is 0.376 e. The van der Waals surface area contributed by atoms with E-state index in [0.29, 0.717) is 26.4 Å². The first-order chi connectivity index (χ1) is 6.20. The molecule has 2 atom stereocenters. The Labute approximate surface area is 77.6 Å². The number of nitrogens with two attached hydrogens (primary N) is 1. The summed E-state index contributed by atoms with van der Waals surface area (Å²) in [5.41, 5.74) is 5.48. The molecular formula is C8H16N2O3. The van der Waals surface area contributed by atoms with Gasteiger partial charge in [0.05, 0.1) is 19.8 Å². The molecule has 0 radical (unpaired) electrons. The SMILES string of the molecule is CC(N)CNC(=O)C1COCCO1. The lowest BCUT2D eigenvalue weighted by Crippen LogP contribution is -2.45. The Kier molecular flexibility index (Phi) is 4.14. The zero-order chi connectivity index (χ0) is 9.68. The van der Waals surface area contributed by atoms with E-state index in [4.69, 9.17) is 15.2 Å². The van der Waals surface area contributed by atoms with Crippen LogP contribution in [0.2, 0.25) is 0 Å². The second kappa shape index (κ2) is 5.16. The van der Waals surface area contributed by atoms with Crippen LogP contribution >= 0.6 is 0 Å². The number of ether oxygens (including phenoxy) is 2. The van der Waals surface area contributed by atoms with Crippen LogP contribution in [0.15, 0.2) is 0 Å². The van der Waals surface area contributed by atoms with Gasteiger partial charge in [-0.3, -0.25) is 4.79 Å². The van der Waals surface area contributed by atoms with Gasteiger partial charge in [-0.2, -0.15) is 0 Å². The Bertz CT molecular complexity index is 167. The molecule has 1 aliphatic rings. The maximum atomic E-state index is 11.3. The first-order valence-electron chi connectivity index (χ1n) is 4.43. The molecule has 1 aliphatic heterocycles. The first kappa shape index (κ1) is 10.4. The van der Waals surface area contributed by atoms with Gasteiger partial charge in [-0.05, 0) is 6.92 Å². The van der Waals surface area contributed by atoms with E-state index in [1.54, 1.807) is 0 Å². The summed E-state index contributed by atoms with van der Waals surface area (Å²) in [7, 11) is 0. The molecule has 5 nitrogen and oxygen atoms in total. The van der Waals surface area contributed by atoms with Crippen LogP contribution in [0, 0.1) is 0 Å². The van der Waals surface area contributed by atoms with E-state index in [1.165, 1.54) is 0 Å². The van der Waals surface area contributed by atoms with Crippen molar-refractivity contribution in [3.8, 4) is 0 Å². The molecule has 1 fully saturated rings. The Morgan fingerprint density at radius 2 is 2.46 bits per heavy atom. The monoisotopic (exact) mass is 188 g/mol. The molecule has 0 spiro atoms. The summed E-state index contributed by atoms with van der Waals surface area (Å²) in [6.07, 6.45) is -0.465. The topological polar surface area (TPSA) is 73.6 Å². The molecule has 5 heteroatoms. The average molecular weight is 188 g/mol. The number of rotatable bonds is 3. The number of nitrogens with one attached hydrogen (secondary N) is 1. The van der Waals surface area contributed by atoms with E-state index < -0.39 is 6.10 Å². The highest BCUT2D eigenvalue weighted by molar-refractivity contribution is 5.81. The summed E-state index contributed by atoms with van der Waals surface area (Å²) >= 11 is 0. The highest BCUT2D eigenvalue weighted by Gasteiger charge is 2.22. The highest BCUT2D eigenvalue weighted by atomic mass is 16.6. The van der Waals surface area contributed by atoms with Crippen LogP contribution in [0.1, 0.15) is 6.92 Å². The molecule has 0 aliphatic carbocycles. The van der Waals surface area contributed by atoms with E-state index in [0.717, 1.165) is 0 Å². The molecule has 0 aromatic rings. The van der Waals surface area contributed by atoms with Crippen molar-refractivity contribution in [1.82, 2.24) is 5.32 Å². The van der Waals surface area contributed by atoms with Crippen LogP contribution in [0.25, 0.3) is 0 Å². The quantitative estimate of drug-likeness (QED) is 0.587. The molecule has 2 unspecified atom stereocenters. The maximum absolute atomic E-state index is 11.3. The molecule has 1 amide bonds. The predicted octanol–water partition coefficient (Wildman–Crippen LogP) is -1.13. The fourth-order valence-corrected chi connectivity index (χ4v) is 1.01. The Morgan fingerprint density at radius 1 is 1.69 bits per heavy atom. The normalized spacial score (nSPS) is 25.2. The van der Waals surface area contributed by atoms with Gasteiger partial charge in [0.25, 0.3) is 5.91 Å². The van der Waals surface area contributed by atoms with Crippen molar-refractivity contribution < 1.29 is 14.3 Å². The van der Waals surface area contributed by atoms with Gasteiger partial charge in [-0.1, -0.05) is 0 Å². The molecular weight excluding hydrogens is 172 g/mol. The standard InChI is InChI=1S/C8H16N2O3/c1-6(9)4-10-8(11)7-5-12-2-3-13-7/h6-7H,2-5,9H2,1H3,(H,10,11). The van der Waals surface area contributed by atoms with Crippen molar-refractivity contribution in [1.29, 1.82) is 0 Å². The first-order valence-corrected chi connectivity index (χ1v) is 4.43. The third-order valence-electron chi connectivity index (χ3n) is 1.71. The predicted molar refractivity (Wildman–Crippen MR) is 47.2 cm³/mol. The minimum absolute atomic E-state index is 0.0338. The lowest BCUT2D eigenvalue weighted by atomic mass is 10.3.